The van der Waals surface area contributed by atoms with Crippen molar-refractivity contribution in [3.63, 3.8) is 0 Å². The molecule has 1 saturated carbocycles. The molecule has 6 rings (SSSR count). The van der Waals surface area contributed by atoms with Crippen molar-refractivity contribution in [2.24, 2.45) is 0 Å². The Labute approximate surface area is 341 Å². The number of pyridine rings is 1. The van der Waals surface area contributed by atoms with Gasteiger partial charge in [-0.15, -0.1) is 12.4 Å². The summed E-state index contributed by atoms with van der Waals surface area (Å²) < 4.78 is 47.4. The number of nitrogens with zero attached hydrogens (tertiary/aromatic N) is 6. The zero-order chi connectivity index (χ0) is 40.5. The van der Waals surface area contributed by atoms with Crippen LogP contribution < -0.4 is 15.5 Å². The van der Waals surface area contributed by atoms with Gasteiger partial charge in [-0.1, -0.05) is 12.1 Å². The highest BCUT2D eigenvalue weighted by atomic mass is 35.5. The van der Waals surface area contributed by atoms with Crippen LogP contribution in [0.5, 0.6) is 0 Å². The molecule has 1 aromatic carbocycles. The van der Waals surface area contributed by atoms with Crippen LogP contribution in [0.25, 0.3) is 0 Å². The largest absolute Gasteiger partial charge is 0.419 e. The minimum Gasteiger partial charge on any atom is -0.377 e. The molecule has 0 spiro atoms. The lowest BCUT2D eigenvalue weighted by Gasteiger charge is -2.44. The number of alkyl halides is 3. The van der Waals surface area contributed by atoms with E-state index in [0.29, 0.717) is 38.0 Å². The SMILES string of the molecule is C[C@@H]1CN(CCO[C@H]2CC[C@H](N3C(=S)N(c4cnc(C#N)c(C(F)(F)F)c4)C(=O)C3(C)C)CC2)C[C@H](C)N1CC(=O)Nc1ccc(C2CCC(=O)NC2=O)cc1.Cl. The molecule has 1 unspecified atom stereocenters. The first-order valence-corrected chi connectivity index (χ1v) is 19.4. The van der Waals surface area contributed by atoms with E-state index in [-0.39, 0.29) is 77.6 Å². The average Bonchev–Trinajstić information content (AvgIpc) is 3.32. The first kappa shape index (κ1) is 43.9. The van der Waals surface area contributed by atoms with Crippen molar-refractivity contribution in [1.29, 1.82) is 5.26 Å². The highest BCUT2D eigenvalue weighted by Gasteiger charge is 2.53. The molecule has 1 aromatic heterocycles. The number of hydrogen-bond donors (Lipinski definition) is 2. The van der Waals surface area contributed by atoms with Crippen molar-refractivity contribution in [3.8, 4) is 6.07 Å². The fourth-order valence-corrected chi connectivity index (χ4v) is 9.05. The third-order valence-electron chi connectivity index (χ3n) is 11.4. The van der Waals surface area contributed by atoms with Crippen molar-refractivity contribution in [2.45, 2.75) is 108 Å². The summed E-state index contributed by atoms with van der Waals surface area (Å²) in [6.45, 7) is 10.7. The van der Waals surface area contributed by atoms with Gasteiger partial charge in [0.15, 0.2) is 10.8 Å². The summed E-state index contributed by atoms with van der Waals surface area (Å²) in [5.41, 5.74) is -1.76. The number of anilines is 2. The van der Waals surface area contributed by atoms with Gasteiger partial charge in [0.2, 0.25) is 17.7 Å². The third-order valence-corrected chi connectivity index (χ3v) is 11.8. The van der Waals surface area contributed by atoms with Gasteiger partial charge >= 0.3 is 6.18 Å². The Balaban J connectivity index is 0.00000620. The summed E-state index contributed by atoms with van der Waals surface area (Å²) in [5.74, 6) is -1.51. The average molecular weight is 833 g/mol. The van der Waals surface area contributed by atoms with E-state index in [9.17, 15) is 32.3 Å². The molecule has 1 aliphatic carbocycles. The van der Waals surface area contributed by atoms with Crippen LogP contribution in [-0.2, 0) is 30.1 Å². The number of piperidine rings is 1. The summed E-state index contributed by atoms with van der Waals surface area (Å²) in [4.78, 5) is 61.4. The van der Waals surface area contributed by atoms with E-state index >= 15 is 0 Å². The maximum atomic E-state index is 13.7. The lowest BCUT2D eigenvalue weighted by Crippen LogP contribution is -2.58. The zero-order valence-electron chi connectivity index (χ0n) is 32.3. The van der Waals surface area contributed by atoms with Crippen LogP contribution >= 0.6 is 24.6 Å². The maximum absolute atomic E-state index is 13.7. The van der Waals surface area contributed by atoms with Crippen molar-refractivity contribution in [2.75, 3.05) is 43.0 Å². The van der Waals surface area contributed by atoms with Gasteiger partial charge in [0.05, 0.1) is 42.6 Å². The number of ether oxygens (including phenoxy) is 1. The zero-order valence-corrected chi connectivity index (χ0v) is 33.9. The smallest absolute Gasteiger partial charge is 0.377 e. The summed E-state index contributed by atoms with van der Waals surface area (Å²) in [6, 6.07) is 9.55. The van der Waals surface area contributed by atoms with E-state index in [2.05, 4.69) is 39.3 Å². The van der Waals surface area contributed by atoms with E-state index in [1.54, 1.807) is 26.0 Å². The van der Waals surface area contributed by atoms with Gasteiger partial charge in [0, 0.05) is 49.9 Å². The number of hydrogen-bond acceptors (Lipinski definition) is 10. The van der Waals surface area contributed by atoms with Crippen LogP contribution in [0.4, 0.5) is 24.5 Å². The fourth-order valence-electron chi connectivity index (χ4n) is 8.49. The van der Waals surface area contributed by atoms with Crippen molar-refractivity contribution in [3.05, 3.63) is 53.3 Å². The lowest BCUT2D eigenvalue weighted by molar-refractivity contribution is -0.138. The van der Waals surface area contributed by atoms with Crippen LogP contribution in [0.15, 0.2) is 36.5 Å². The molecule has 4 amide bonds. The monoisotopic (exact) mass is 832 g/mol. The molecule has 3 saturated heterocycles. The molecule has 13 nitrogen and oxygen atoms in total. The van der Waals surface area contributed by atoms with Gasteiger partial charge < -0.3 is 15.0 Å². The van der Waals surface area contributed by atoms with Gasteiger partial charge in [-0.25, -0.2) is 4.98 Å². The molecule has 308 valence electrons. The number of halogens is 4. The number of rotatable bonds is 10. The van der Waals surface area contributed by atoms with Gasteiger partial charge in [-0.05, 0) is 95.8 Å². The van der Waals surface area contributed by atoms with Crippen LogP contribution in [-0.4, -0.2) is 111 Å². The molecule has 0 bridgehead atoms. The number of piperazine rings is 1. The Morgan fingerprint density at radius 1 is 1.07 bits per heavy atom. The van der Waals surface area contributed by atoms with Gasteiger partial charge in [0.1, 0.15) is 11.6 Å². The van der Waals surface area contributed by atoms with Crippen LogP contribution in [0, 0.1) is 11.3 Å². The molecule has 4 heterocycles. The minimum atomic E-state index is -4.82. The first-order valence-electron chi connectivity index (χ1n) is 19.0. The molecule has 57 heavy (non-hydrogen) atoms. The molecule has 4 aliphatic rings. The van der Waals surface area contributed by atoms with Crippen molar-refractivity contribution >= 4 is 64.7 Å². The second-order valence-corrected chi connectivity index (χ2v) is 16.0. The predicted molar refractivity (Wildman–Crippen MR) is 211 cm³/mol. The Morgan fingerprint density at radius 2 is 1.72 bits per heavy atom. The molecule has 3 atom stereocenters. The molecule has 2 N–H and O–H groups in total. The van der Waals surface area contributed by atoms with E-state index in [1.165, 1.54) is 6.07 Å². The predicted octanol–water partition coefficient (Wildman–Crippen LogP) is 4.99. The van der Waals surface area contributed by atoms with E-state index in [0.717, 1.165) is 55.2 Å². The Morgan fingerprint density at radius 3 is 2.32 bits per heavy atom. The number of benzene rings is 1. The second-order valence-electron chi connectivity index (χ2n) is 15.7. The van der Waals surface area contributed by atoms with E-state index in [1.807, 2.05) is 17.0 Å². The fraction of sp³-hybridized carbons (Fsp3) is 0.564. The quantitative estimate of drug-likeness (QED) is 0.246. The van der Waals surface area contributed by atoms with E-state index < -0.39 is 28.9 Å². The summed E-state index contributed by atoms with van der Waals surface area (Å²) >= 11 is 5.71. The summed E-state index contributed by atoms with van der Waals surface area (Å²) in [7, 11) is 0. The van der Waals surface area contributed by atoms with Crippen molar-refractivity contribution in [1.82, 2.24) is 25.0 Å². The number of nitrogens with one attached hydrogen (secondary N) is 2. The lowest BCUT2D eigenvalue weighted by atomic mass is 9.89. The number of amides is 4. The molecule has 0 radical (unpaired) electrons. The van der Waals surface area contributed by atoms with Crippen LogP contribution in [0.2, 0.25) is 0 Å². The van der Waals surface area contributed by atoms with Gasteiger partial charge in [-0.3, -0.25) is 39.2 Å². The Hall–Kier alpha value is -4.21. The molecule has 2 aromatic rings. The number of aromatic nitrogens is 1. The molecular weight excluding hydrogens is 785 g/mol. The van der Waals surface area contributed by atoms with Crippen LogP contribution in [0.3, 0.4) is 0 Å². The van der Waals surface area contributed by atoms with E-state index in [4.69, 9.17) is 22.2 Å². The van der Waals surface area contributed by atoms with Crippen LogP contribution in [0.1, 0.15) is 89.0 Å². The van der Waals surface area contributed by atoms with Crippen molar-refractivity contribution < 1.29 is 37.1 Å². The minimum absolute atomic E-state index is 0. The topological polar surface area (TPSA) is 151 Å². The second kappa shape index (κ2) is 17.7. The third kappa shape index (κ3) is 9.58. The molecule has 4 fully saturated rings. The van der Waals surface area contributed by atoms with Gasteiger partial charge in [-0.2, -0.15) is 18.4 Å². The molecule has 18 heteroatoms. The number of carbonyl (C=O) groups is 4. The Bertz CT molecular complexity index is 1890. The molecule has 3 aliphatic heterocycles. The number of carbonyl (C=O) groups excluding carboxylic acids is 4. The van der Waals surface area contributed by atoms with Gasteiger partial charge in [0.25, 0.3) is 5.91 Å². The summed E-state index contributed by atoms with van der Waals surface area (Å²) in [6.07, 6.45) is -0.106. The summed E-state index contributed by atoms with van der Waals surface area (Å²) in [5, 5.41) is 14.6. The number of thiocarbonyl (C=S) groups is 1. The number of nitriles is 1. The number of imide groups is 1. The normalized spacial score (nSPS) is 25.8. The highest BCUT2D eigenvalue weighted by Crippen LogP contribution is 2.40. The maximum Gasteiger partial charge on any atom is 0.419 e. The first-order chi connectivity index (χ1) is 26.5. The molecular formula is C39H48ClF3N8O5S. The highest BCUT2D eigenvalue weighted by molar-refractivity contribution is 7.80. The Kier molecular flexibility index (Phi) is 13.7. The standard InChI is InChI=1S/C39H47F3N8O5S.ClH/c1-23-20-47(21-24(2)48(23)22-34(52)45-26-7-5-25(6-8-26)30-13-14-33(51)46-35(30)53)15-16-55-29-11-9-27(10-12-29)50-37(56)49(36(54)38(50,3)4)28-17-31(39(40,41)42)32(18-43)44-19-28;/h5-8,17,19,23-24,27,29-30H,9-16,20-22H2,1-4H3,(H,45,52)(H,46,51,53);1H/t23-,24+,27-,29-,30?;.